The van der Waals surface area contributed by atoms with Crippen LogP contribution < -0.4 is 16.0 Å². The fourth-order valence-electron chi connectivity index (χ4n) is 4.57. The van der Waals surface area contributed by atoms with Crippen molar-refractivity contribution in [3.05, 3.63) is 83.5 Å². The number of aromatic nitrogens is 2. The summed E-state index contributed by atoms with van der Waals surface area (Å²) < 4.78 is 10.4. The summed E-state index contributed by atoms with van der Waals surface area (Å²) in [7, 11) is 0. The van der Waals surface area contributed by atoms with Crippen molar-refractivity contribution in [2.75, 3.05) is 6.61 Å². The van der Waals surface area contributed by atoms with Crippen LogP contribution in [0.4, 0.5) is 0 Å². The van der Waals surface area contributed by atoms with E-state index >= 15 is 0 Å². The van der Waals surface area contributed by atoms with Crippen LogP contribution in [-0.2, 0) is 32.0 Å². The molecular formula is C31H37N5O6. The van der Waals surface area contributed by atoms with Gasteiger partial charge < -0.3 is 25.2 Å². The third kappa shape index (κ3) is 8.32. The molecule has 1 aliphatic rings. The van der Waals surface area contributed by atoms with E-state index in [9.17, 15) is 19.2 Å². The van der Waals surface area contributed by atoms with Gasteiger partial charge in [0.05, 0.1) is 12.6 Å². The number of nitrogens with one attached hydrogen (secondary N) is 3. The summed E-state index contributed by atoms with van der Waals surface area (Å²) in [5.74, 6) is -1.33. The number of rotatable bonds is 14. The van der Waals surface area contributed by atoms with Gasteiger partial charge in [0.1, 0.15) is 23.4 Å². The molecule has 222 valence electrons. The lowest BCUT2D eigenvalue weighted by Crippen LogP contribution is -2.57. The van der Waals surface area contributed by atoms with Crippen molar-refractivity contribution >= 4 is 23.5 Å². The largest absolute Gasteiger partial charge is 0.361 e. The molecule has 4 atom stereocenters. The van der Waals surface area contributed by atoms with E-state index in [0.717, 1.165) is 5.56 Å². The molecule has 4 rings (SSSR count). The van der Waals surface area contributed by atoms with Crippen LogP contribution >= 0.6 is 0 Å². The van der Waals surface area contributed by atoms with Gasteiger partial charge in [-0.2, -0.15) is 0 Å². The van der Waals surface area contributed by atoms with Crippen LogP contribution in [0.3, 0.4) is 0 Å². The Hall–Kier alpha value is -4.38. The van der Waals surface area contributed by atoms with Crippen LogP contribution in [0, 0.1) is 12.8 Å². The number of carbonyl (C=O) groups is 4. The lowest BCUT2D eigenvalue weighted by Gasteiger charge is -2.26. The molecule has 0 bridgehead atoms. The molecular weight excluding hydrogens is 538 g/mol. The van der Waals surface area contributed by atoms with Gasteiger partial charge in [0.15, 0.2) is 11.5 Å². The standard InChI is InChI=1S/C31H37N5O6/c1-19(2)14-23(27(37)31(4)18-41-31)33-28(38)24(16-21-10-6-5-7-11-21)34-29(39)25(17-22-12-8-9-13-32-22)35-30(40)26-15-20(3)42-36-26/h5-13,15,19,23-25H,14,16-18H2,1-4H3,(H,33,38)(H,34,39)(H,35,40)/t23-,24-,25-,31-/m0/s1. The summed E-state index contributed by atoms with van der Waals surface area (Å²) in [6.07, 6.45) is 2.25. The number of aryl methyl sites for hydroxylation is 1. The highest BCUT2D eigenvalue weighted by Crippen LogP contribution is 2.29. The Balaban J connectivity index is 1.56. The van der Waals surface area contributed by atoms with Crippen molar-refractivity contribution in [3.8, 4) is 0 Å². The number of ether oxygens (including phenoxy) is 1. The summed E-state index contributed by atoms with van der Waals surface area (Å²) in [6.45, 7) is 7.60. The van der Waals surface area contributed by atoms with Gasteiger partial charge in [0, 0.05) is 30.8 Å². The molecule has 0 spiro atoms. The molecule has 11 nitrogen and oxygen atoms in total. The number of nitrogens with zero attached hydrogens (tertiary/aromatic N) is 2. The minimum atomic E-state index is -1.08. The highest BCUT2D eigenvalue weighted by molar-refractivity contribution is 5.99. The smallest absolute Gasteiger partial charge is 0.274 e. The summed E-state index contributed by atoms with van der Waals surface area (Å²) in [5.41, 5.74) is 0.489. The van der Waals surface area contributed by atoms with Crippen LogP contribution in [0.1, 0.15) is 54.7 Å². The SMILES string of the molecule is Cc1cc(C(=O)N[C@@H](Cc2ccccn2)C(=O)N[C@@H](Cc2ccccc2)C(=O)N[C@@H](CC(C)C)C(=O)[C@]2(C)CO2)no1. The van der Waals surface area contributed by atoms with E-state index in [0.29, 0.717) is 24.5 Å². The Labute approximate surface area is 244 Å². The maximum absolute atomic E-state index is 13.7. The van der Waals surface area contributed by atoms with Gasteiger partial charge in [-0.05, 0) is 43.9 Å². The normalized spacial score (nSPS) is 18.0. The number of ketones is 1. The number of hydrogen-bond donors (Lipinski definition) is 3. The van der Waals surface area contributed by atoms with Gasteiger partial charge in [0.2, 0.25) is 11.8 Å². The second-order valence-electron chi connectivity index (χ2n) is 11.2. The van der Waals surface area contributed by atoms with Crippen molar-refractivity contribution in [3.63, 3.8) is 0 Å². The van der Waals surface area contributed by atoms with Gasteiger partial charge in [-0.3, -0.25) is 24.2 Å². The number of benzene rings is 1. The Bertz CT molecular complexity index is 1390. The number of epoxide rings is 1. The summed E-state index contributed by atoms with van der Waals surface area (Å²) in [5, 5.41) is 12.1. The molecule has 2 aromatic heterocycles. The van der Waals surface area contributed by atoms with E-state index in [1.54, 1.807) is 38.2 Å². The molecule has 1 aliphatic heterocycles. The van der Waals surface area contributed by atoms with E-state index in [1.807, 2.05) is 44.2 Å². The van der Waals surface area contributed by atoms with E-state index in [-0.39, 0.29) is 30.2 Å². The summed E-state index contributed by atoms with van der Waals surface area (Å²) in [6, 6.07) is 13.1. The van der Waals surface area contributed by atoms with Gasteiger partial charge in [-0.25, -0.2) is 0 Å². The van der Waals surface area contributed by atoms with Crippen LogP contribution in [0.15, 0.2) is 65.3 Å². The van der Waals surface area contributed by atoms with Gasteiger partial charge >= 0.3 is 0 Å². The van der Waals surface area contributed by atoms with Crippen LogP contribution in [-0.4, -0.2) is 64.0 Å². The van der Waals surface area contributed by atoms with Crippen LogP contribution in [0.5, 0.6) is 0 Å². The summed E-state index contributed by atoms with van der Waals surface area (Å²) >= 11 is 0. The second-order valence-corrected chi connectivity index (χ2v) is 11.2. The van der Waals surface area contributed by atoms with E-state index < -0.39 is 41.4 Å². The predicted molar refractivity (Wildman–Crippen MR) is 153 cm³/mol. The molecule has 3 heterocycles. The summed E-state index contributed by atoms with van der Waals surface area (Å²) in [4.78, 5) is 57.8. The average Bonchev–Trinajstić information content (AvgIpc) is 3.57. The van der Waals surface area contributed by atoms with Gasteiger partial charge in [-0.15, -0.1) is 0 Å². The van der Waals surface area contributed by atoms with E-state index in [2.05, 4.69) is 26.1 Å². The molecule has 0 saturated carbocycles. The van der Waals surface area contributed by atoms with Crippen molar-refractivity contribution in [2.24, 2.45) is 5.92 Å². The average molecular weight is 576 g/mol. The molecule has 3 N–H and O–H groups in total. The zero-order chi connectivity index (χ0) is 30.3. The number of amides is 3. The number of pyridine rings is 1. The monoisotopic (exact) mass is 575 g/mol. The topological polar surface area (TPSA) is 156 Å². The molecule has 1 fully saturated rings. The first-order valence-electron chi connectivity index (χ1n) is 14.0. The minimum Gasteiger partial charge on any atom is -0.361 e. The molecule has 11 heteroatoms. The number of hydrogen-bond acceptors (Lipinski definition) is 8. The highest BCUT2D eigenvalue weighted by atomic mass is 16.6. The zero-order valence-electron chi connectivity index (χ0n) is 24.3. The maximum Gasteiger partial charge on any atom is 0.274 e. The molecule has 3 amide bonds. The first-order chi connectivity index (χ1) is 20.0. The predicted octanol–water partition coefficient (Wildman–Crippen LogP) is 2.34. The van der Waals surface area contributed by atoms with Crippen molar-refractivity contribution in [1.82, 2.24) is 26.1 Å². The maximum atomic E-state index is 13.7. The van der Waals surface area contributed by atoms with Crippen molar-refractivity contribution in [1.29, 1.82) is 0 Å². The first-order valence-corrected chi connectivity index (χ1v) is 14.0. The quantitative estimate of drug-likeness (QED) is 0.247. The van der Waals surface area contributed by atoms with Gasteiger partial charge in [-0.1, -0.05) is 55.4 Å². The van der Waals surface area contributed by atoms with Gasteiger partial charge in [0.25, 0.3) is 5.91 Å². The molecule has 3 aromatic rings. The number of Topliss-reactive ketones (excluding diaryl/α,β-unsaturated/α-hetero) is 1. The minimum absolute atomic E-state index is 0.0238. The second kappa shape index (κ2) is 13.5. The fraction of sp³-hybridized carbons (Fsp3) is 0.419. The van der Waals surface area contributed by atoms with Crippen LogP contribution in [0.2, 0.25) is 0 Å². The fourth-order valence-corrected chi connectivity index (χ4v) is 4.57. The highest BCUT2D eigenvalue weighted by Gasteiger charge is 2.50. The lowest BCUT2D eigenvalue weighted by atomic mass is 9.93. The van der Waals surface area contributed by atoms with E-state index in [1.165, 1.54) is 6.07 Å². The van der Waals surface area contributed by atoms with Crippen molar-refractivity contribution in [2.45, 2.75) is 70.7 Å². The molecule has 1 saturated heterocycles. The Morgan fingerprint density at radius 1 is 0.905 bits per heavy atom. The first kappa shape index (κ1) is 30.6. The molecule has 1 aromatic carbocycles. The number of carbonyl (C=O) groups excluding carboxylic acids is 4. The molecule has 0 radical (unpaired) electrons. The Morgan fingerprint density at radius 2 is 1.55 bits per heavy atom. The molecule has 0 unspecified atom stereocenters. The molecule has 0 aliphatic carbocycles. The lowest BCUT2D eigenvalue weighted by molar-refractivity contribution is -0.133. The van der Waals surface area contributed by atoms with Crippen molar-refractivity contribution < 1.29 is 28.4 Å². The Kier molecular flexibility index (Phi) is 9.84. The zero-order valence-corrected chi connectivity index (χ0v) is 24.3. The molecule has 42 heavy (non-hydrogen) atoms. The van der Waals surface area contributed by atoms with E-state index in [4.69, 9.17) is 9.26 Å². The third-order valence-electron chi connectivity index (χ3n) is 6.98. The van der Waals surface area contributed by atoms with Crippen LogP contribution in [0.25, 0.3) is 0 Å². The Morgan fingerprint density at radius 3 is 2.12 bits per heavy atom. The third-order valence-corrected chi connectivity index (χ3v) is 6.98.